The molecule has 1 N–H and O–H groups in total. The summed E-state index contributed by atoms with van der Waals surface area (Å²) in [5.74, 6) is 0. The van der Waals surface area contributed by atoms with Crippen LogP contribution in [0.4, 0.5) is 0 Å². The summed E-state index contributed by atoms with van der Waals surface area (Å²) in [7, 11) is 0. The molecule has 0 bridgehead atoms. The Balaban J connectivity index is 1.76. The summed E-state index contributed by atoms with van der Waals surface area (Å²) < 4.78 is 0. The highest BCUT2D eigenvalue weighted by atomic mass is 16.3. The minimum Gasteiger partial charge on any atom is -0.389 e. The molecule has 2 heteroatoms. The molecule has 0 radical (unpaired) electrons. The van der Waals surface area contributed by atoms with Gasteiger partial charge in [-0.25, -0.2) is 0 Å². The van der Waals surface area contributed by atoms with Crippen LogP contribution in [-0.4, -0.2) is 28.7 Å². The predicted molar refractivity (Wildman–Crippen MR) is 89.3 cm³/mol. The van der Waals surface area contributed by atoms with Crippen molar-refractivity contribution in [3.05, 3.63) is 35.9 Å². The highest BCUT2D eigenvalue weighted by Crippen LogP contribution is 2.27. The summed E-state index contributed by atoms with van der Waals surface area (Å²) in [6, 6.07) is 10.6. The van der Waals surface area contributed by atoms with Gasteiger partial charge in [-0.3, -0.25) is 4.90 Å². The van der Waals surface area contributed by atoms with Crippen LogP contribution in [0.1, 0.15) is 63.9 Å². The molecule has 1 saturated heterocycles. The molecule has 1 aromatic rings. The Bertz CT molecular complexity index is 392. The quantitative estimate of drug-likeness (QED) is 0.718. The van der Waals surface area contributed by atoms with Crippen LogP contribution in [0, 0.1) is 0 Å². The van der Waals surface area contributed by atoms with Crippen molar-refractivity contribution in [2.45, 2.75) is 70.4 Å². The van der Waals surface area contributed by atoms with E-state index in [9.17, 15) is 5.11 Å². The lowest BCUT2D eigenvalue weighted by molar-refractivity contribution is -0.0408. The second-order valence-electron chi connectivity index (χ2n) is 6.69. The van der Waals surface area contributed by atoms with E-state index in [2.05, 4.69) is 42.2 Å². The molecule has 0 aromatic heterocycles. The second-order valence-corrected chi connectivity index (χ2v) is 6.69. The summed E-state index contributed by atoms with van der Waals surface area (Å²) in [5, 5.41) is 10.8. The highest BCUT2D eigenvalue weighted by molar-refractivity contribution is 5.14. The lowest BCUT2D eigenvalue weighted by Crippen LogP contribution is -2.47. The minimum absolute atomic E-state index is 0.445. The van der Waals surface area contributed by atoms with Crippen LogP contribution in [-0.2, 0) is 6.54 Å². The van der Waals surface area contributed by atoms with E-state index < -0.39 is 5.60 Å². The summed E-state index contributed by atoms with van der Waals surface area (Å²) in [6.45, 7) is 5.18. The molecular weight excluding hydrogens is 258 g/mol. The molecule has 1 aliphatic rings. The van der Waals surface area contributed by atoms with E-state index in [4.69, 9.17) is 0 Å². The van der Waals surface area contributed by atoms with E-state index in [1.165, 1.54) is 37.7 Å². The van der Waals surface area contributed by atoms with Gasteiger partial charge in [-0.05, 0) is 31.4 Å². The van der Waals surface area contributed by atoms with E-state index >= 15 is 0 Å². The molecule has 0 spiro atoms. The van der Waals surface area contributed by atoms with Gasteiger partial charge >= 0.3 is 0 Å². The topological polar surface area (TPSA) is 23.5 Å². The van der Waals surface area contributed by atoms with Crippen molar-refractivity contribution < 1.29 is 5.11 Å². The Morgan fingerprint density at radius 2 is 1.86 bits per heavy atom. The van der Waals surface area contributed by atoms with Gasteiger partial charge in [-0.1, -0.05) is 69.4 Å². The normalized spacial score (nSPS) is 23.3. The van der Waals surface area contributed by atoms with Crippen LogP contribution in [0.3, 0.4) is 0 Å². The number of likely N-dealkylation sites (tertiary alicyclic amines) is 1. The molecule has 1 atom stereocenters. The van der Waals surface area contributed by atoms with E-state index in [-0.39, 0.29) is 0 Å². The fraction of sp³-hybridized carbons (Fsp3) is 0.684. The van der Waals surface area contributed by atoms with E-state index in [0.29, 0.717) is 0 Å². The maximum Gasteiger partial charge on any atom is 0.0774 e. The molecule has 2 nitrogen and oxygen atoms in total. The van der Waals surface area contributed by atoms with Gasteiger partial charge in [-0.2, -0.15) is 0 Å². The molecule has 0 amide bonds. The number of benzene rings is 1. The van der Waals surface area contributed by atoms with Gasteiger partial charge in [0.15, 0.2) is 0 Å². The molecule has 0 aliphatic carbocycles. The largest absolute Gasteiger partial charge is 0.389 e. The van der Waals surface area contributed by atoms with Crippen molar-refractivity contribution in [2.75, 3.05) is 13.1 Å². The van der Waals surface area contributed by atoms with Crippen molar-refractivity contribution in [2.24, 2.45) is 0 Å². The first-order valence-corrected chi connectivity index (χ1v) is 8.70. The molecule has 2 rings (SSSR count). The van der Waals surface area contributed by atoms with Crippen LogP contribution in [0.2, 0.25) is 0 Å². The minimum atomic E-state index is -0.445. The lowest BCUT2D eigenvalue weighted by Gasteiger charge is -2.39. The van der Waals surface area contributed by atoms with Crippen LogP contribution < -0.4 is 0 Å². The first-order chi connectivity index (χ1) is 10.2. The number of aliphatic hydroxyl groups is 1. The maximum absolute atomic E-state index is 10.8. The van der Waals surface area contributed by atoms with Crippen LogP contribution in [0.25, 0.3) is 0 Å². The zero-order valence-corrected chi connectivity index (χ0v) is 13.6. The first kappa shape index (κ1) is 16.5. The predicted octanol–water partition coefficient (Wildman–Crippen LogP) is 4.37. The number of hydrogen-bond acceptors (Lipinski definition) is 2. The van der Waals surface area contributed by atoms with Gasteiger partial charge in [0.2, 0.25) is 0 Å². The van der Waals surface area contributed by atoms with Gasteiger partial charge in [0.05, 0.1) is 5.60 Å². The zero-order chi connectivity index (χ0) is 15.0. The third-order valence-electron chi connectivity index (χ3n) is 4.63. The van der Waals surface area contributed by atoms with Crippen LogP contribution in [0.15, 0.2) is 30.3 Å². The molecule has 21 heavy (non-hydrogen) atoms. The number of nitrogens with zero attached hydrogens (tertiary/aromatic N) is 1. The number of hydrogen-bond donors (Lipinski definition) is 1. The van der Waals surface area contributed by atoms with E-state index in [0.717, 1.165) is 38.9 Å². The molecule has 1 unspecified atom stereocenters. The Morgan fingerprint density at radius 3 is 2.62 bits per heavy atom. The summed E-state index contributed by atoms with van der Waals surface area (Å²) >= 11 is 0. The van der Waals surface area contributed by atoms with Crippen molar-refractivity contribution in [3.63, 3.8) is 0 Å². The zero-order valence-electron chi connectivity index (χ0n) is 13.6. The molecular formula is C19H31NO. The number of piperidine rings is 1. The maximum atomic E-state index is 10.8. The Morgan fingerprint density at radius 1 is 1.10 bits per heavy atom. The van der Waals surface area contributed by atoms with Crippen LogP contribution >= 0.6 is 0 Å². The van der Waals surface area contributed by atoms with Crippen molar-refractivity contribution >= 4 is 0 Å². The summed E-state index contributed by atoms with van der Waals surface area (Å²) in [6.07, 6.45) is 9.46. The van der Waals surface area contributed by atoms with E-state index in [1.807, 2.05) is 0 Å². The number of β-amino-alcohol motifs (C(OH)–C–C–N with tert-alkyl or cyclic N) is 1. The van der Waals surface area contributed by atoms with Crippen molar-refractivity contribution in [3.8, 4) is 0 Å². The SMILES string of the molecule is CCCCCCCC1(O)CCCN(Cc2ccccc2)C1. The molecule has 1 fully saturated rings. The van der Waals surface area contributed by atoms with Crippen LogP contribution in [0.5, 0.6) is 0 Å². The fourth-order valence-corrected chi connectivity index (χ4v) is 3.44. The van der Waals surface area contributed by atoms with Gasteiger partial charge in [0.1, 0.15) is 0 Å². The Hall–Kier alpha value is -0.860. The molecule has 1 aliphatic heterocycles. The van der Waals surface area contributed by atoms with Crippen molar-refractivity contribution in [1.82, 2.24) is 4.90 Å². The lowest BCUT2D eigenvalue weighted by atomic mass is 9.87. The van der Waals surface area contributed by atoms with Gasteiger partial charge in [0.25, 0.3) is 0 Å². The second kappa shape index (κ2) is 8.55. The van der Waals surface area contributed by atoms with Crippen molar-refractivity contribution in [1.29, 1.82) is 0 Å². The van der Waals surface area contributed by atoms with Gasteiger partial charge in [0, 0.05) is 13.1 Å². The Kier molecular flexibility index (Phi) is 6.72. The standard InChI is InChI=1S/C19H31NO/c1-2-3-4-5-9-13-19(21)14-10-15-20(17-19)16-18-11-7-6-8-12-18/h6-8,11-12,21H,2-5,9-10,13-17H2,1H3. The van der Waals surface area contributed by atoms with Gasteiger partial charge < -0.3 is 5.11 Å². The van der Waals surface area contributed by atoms with E-state index in [1.54, 1.807) is 0 Å². The molecule has 1 heterocycles. The smallest absolute Gasteiger partial charge is 0.0774 e. The van der Waals surface area contributed by atoms with Gasteiger partial charge in [-0.15, -0.1) is 0 Å². The number of rotatable bonds is 8. The Labute approximate surface area is 130 Å². The molecule has 0 saturated carbocycles. The molecule has 118 valence electrons. The third kappa shape index (κ3) is 5.80. The average Bonchev–Trinajstić information content (AvgIpc) is 2.48. The fourth-order valence-electron chi connectivity index (χ4n) is 3.44. The number of unbranched alkanes of at least 4 members (excludes halogenated alkanes) is 4. The summed E-state index contributed by atoms with van der Waals surface area (Å²) in [4.78, 5) is 2.42. The average molecular weight is 289 g/mol. The monoisotopic (exact) mass is 289 g/mol. The summed E-state index contributed by atoms with van der Waals surface area (Å²) in [5.41, 5.74) is 0.906. The first-order valence-electron chi connectivity index (χ1n) is 8.70. The highest BCUT2D eigenvalue weighted by Gasteiger charge is 2.32. The third-order valence-corrected chi connectivity index (χ3v) is 4.63. The molecule has 1 aromatic carbocycles.